The highest BCUT2D eigenvalue weighted by molar-refractivity contribution is 5.71. The molecule has 0 heterocycles. The van der Waals surface area contributed by atoms with Crippen molar-refractivity contribution >= 4 is 17.9 Å². The Morgan fingerprint density at radius 3 is 0.758 bits per heavy atom. The van der Waals surface area contributed by atoms with Crippen molar-refractivity contribution in [2.75, 3.05) is 13.2 Å². The lowest BCUT2D eigenvalue weighted by Gasteiger charge is -2.18. The zero-order chi connectivity index (χ0) is 47.9. The van der Waals surface area contributed by atoms with Crippen LogP contribution in [0, 0.1) is 0 Å². The van der Waals surface area contributed by atoms with E-state index in [0.29, 0.717) is 19.3 Å². The molecule has 0 bridgehead atoms. The Hall–Kier alpha value is -1.85. The first-order valence-corrected chi connectivity index (χ1v) is 29.7. The Kier molecular flexibility index (Phi) is 54.2. The first-order chi connectivity index (χ1) is 32.5. The van der Waals surface area contributed by atoms with Gasteiger partial charge in [0.2, 0.25) is 0 Å². The van der Waals surface area contributed by atoms with Crippen LogP contribution in [0.2, 0.25) is 0 Å². The minimum Gasteiger partial charge on any atom is -0.462 e. The van der Waals surface area contributed by atoms with E-state index in [0.717, 1.165) is 57.8 Å². The van der Waals surface area contributed by atoms with Crippen molar-refractivity contribution in [2.45, 2.75) is 341 Å². The second kappa shape index (κ2) is 55.7. The quantitative estimate of drug-likeness (QED) is 0.0262. The predicted octanol–water partition coefficient (Wildman–Crippen LogP) is 19.7. The summed E-state index contributed by atoms with van der Waals surface area (Å²) in [5, 5.41) is 0. The highest BCUT2D eigenvalue weighted by atomic mass is 16.6. The molecule has 0 aromatic rings. The van der Waals surface area contributed by atoms with Crippen molar-refractivity contribution in [3.63, 3.8) is 0 Å². The topological polar surface area (TPSA) is 78.9 Å². The molecule has 0 fully saturated rings. The Labute approximate surface area is 411 Å². The molecular weight excluding hydrogens is 817 g/mol. The summed E-state index contributed by atoms with van der Waals surface area (Å²) in [6.45, 7) is 6.65. The molecule has 6 nitrogen and oxygen atoms in total. The largest absolute Gasteiger partial charge is 0.462 e. The number of hydrogen-bond donors (Lipinski definition) is 0. The lowest BCUT2D eigenvalue weighted by molar-refractivity contribution is -0.167. The predicted molar refractivity (Wildman–Crippen MR) is 284 cm³/mol. The molecule has 0 aliphatic heterocycles. The molecule has 1 atom stereocenters. The van der Waals surface area contributed by atoms with E-state index >= 15 is 0 Å². The third kappa shape index (κ3) is 53.1. The van der Waals surface area contributed by atoms with Crippen molar-refractivity contribution in [2.24, 2.45) is 0 Å². The fourth-order valence-corrected chi connectivity index (χ4v) is 9.03. The van der Waals surface area contributed by atoms with Crippen molar-refractivity contribution in [1.82, 2.24) is 0 Å². The van der Waals surface area contributed by atoms with Gasteiger partial charge in [-0.1, -0.05) is 283 Å². The maximum Gasteiger partial charge on any atom is 0.306 e. The molecule has 0 saturated heterocycles. The van der Waals surface area contributed by atoms with E-state index in [1.165, 1.54) is 238 Å². The maximum absolute atomic E-state index is 12.8. The third-order valence-corrected chi connectivity index (χ3v) is 13.5. The summed E-state index contributed by atoms with van der Waals surface area (Å²) in [6.07, 6.45) is 63.8. The molecule has 6 heteroatoms. The molecular formula is C60H114O6. The molecule has 0 aromatic carbocycles. The van der Waals surface area contributed by atoms with Gasteiger partial charge in [0.05, 0.1) is 0 Å². The minimum atomic E-state index is -0.761. The van der Waals surface area contributed by atoms with Gasteiger partial charge in [0.25, 0.3) is 0 Å². The van der Waals surface area contributed by atoms with Crippen molar-refractivity contribution < 1.29 is 28.6 Å². The second-order valence-electron chi connectivity index (χ2n) is 20.3. The van der Waals surface area contributed by atoms with Gasteiger partial charge in [0.1, 0.15) is 13.2 Å². The standard InChI is InChI=1S/C60H114O6/c1-4-7-10-13-16-18-20-22-24-25-26-27-28-29-30-31-32-33-34-35-36-38-39-41-44-47-50-53-59(62)65-56-57(55-64-58(61)52-49-46-43-15-12-9-6-3)66-60(63)54-51-48-45-42-40-37-23-21-19-17-14-11-8-5-2/h25-26,57H,4-24,27-56H2,1-3H3/b26-25-. The van der Waals surface area contributed by atoms with Crippen molar-refractivity contribution in [1.29, 1.82) is 0 Å². The summed E-state index contributed by atoms with van der Waals surface area (Å²) in [7, 11) is 0. The highest BCUT2D eigenvalue weighted by Gasteiger charge is 2.19. The summed E-state index contributed by atoms with van der Waals surface area (Å²) in [6, 6.07) is 0. The van der Waals surface area contributed by atoms with Crippen LogP contribution < -0.4 is 0 Å². The van der Waals surface area contributed by atoms with Crippen LogP contribution in [0.3, 0.4) is 0 Å². The number of carbonyl (C=O) groups is 3. The molecule has 0 spiro atoms. The van der Waals surface area contributed by atoms with Gasteiger partial charge in [0, 0.05) is 19.3 Å². The molecule has 0 aromatic heterocycles. The zero-order valence-electron chi connectivity index (χ0n) is 44.7. The molecule has 0 radical (unpaired) electrons. The van der Waals surface area contributed by atoms with Crippen LogP contribution in [-0.4, -0.2) is 37.2 Å². The molecule has 66 heavy (non-hydrogen) atoms. The van der Waals surface area contributed by atoms with Gasteiger partial charge in [-0.15, -0.1) is 0 Å². The summed E-state index contributed by atoms with van der Waals surface area (Å²) in [5.74, 6) is -0.849. The summed E-state index contributed by atoms with van der Waals surface area (Å²) >= 11 is 0. The van der Waals surface area contributed by atoms with Crippen LogP contribution >= 0.6 is 0 Å². The van der Waals surface area contributed by atoms with E-state index in [9.17, 15) is 14.4 Å². The Morgan fingerprint density at radius 2 is 0.500 bits per heavy atom. The summed E-state index contributed by atoms with van der Waals surface area (Å²) in [4.78, 5) is 37.9. The fourth-order valence-electron chi connectivity index (χ4n) is 9.03. The van der Waals surface area contributed by atoms with E-state index in [4.69, 9.17) is 14.2 Å². The van der Waals surface area contributed by atoms with E-state index in [1.54, 1.807) is 0 Å². The van der Waals surface area contributed by atoms with Crippen LogP contribution in [0.1, 0.15) is 335 Å². The van der Waals surface area contributed by atoms with Crippen LogP contribution in [0.25, 0.3) is 0 Å². The summed E-state index contributed by atoms with van der Waals surface area (Å²) in [5.41, 5.74) is 0. The number of allylic oxidation sites excluding steroid dienone is 2. The SMILES string of the molecule is CCCCCCCCCC/C=C\CCCCCCCCCCCCCCCCCC(=O)OCC(COC(=O)CCCCCCCCC)OC(=O)CCCCCCCCCCCCCCCC. The van der Waals surface area contributed by atoms with Crippen LogP contribution in [-0.2, 0) is 28.6 Å². The van der Waals surface area contributed by atoms with E-state index in [2.05, 4.69) is 32.9 Å². The molecule has 0 saturated carbocycles. The Bertz CT molecular complexity index is 1020. The maximum atomic E-state index is 12.8. The van der Waals surface area contributed by atoms with E-state index in [-0.39, 0.29) is 31.1 Å². The molecule has 390 valence electrons. The monoisotopic (exact) mass is 931 g/mol. The number of esters is 3. The van der Waals surface area contributed by atoms with Crippen LogP contribution in [0.15, 0.2) is 12.2 Å². The Morgan fingerprint density at radius 1 is 0.288 bits per heavy atom. The van der Waals surface area contributed by atoms with Crippen molar-refractivity contribution in [3.8, 4) is 0 Å². The Balaban J connectivity index is 4.02. The third-order valence-electron chi connectivity index (χ3n) is 13.5. The fraction of sp³-hybridized carbons (Fsp3) is 0.917. The normalized spacial score (nSPS) is 12.0. The number of ether oxygens (including phenoxy) is 3. The molecule has 0 aliphatic rings. The first-order valence-electron chi connectivity index (χ1n) is 29.7. The lowest BCUT2D eigenvalue weighted by atomic mass is 10.0. The lowest BCUT2D eigenvalue weighted by Crippen LogP contribution is -2.30. The molecule has 0 aliphatic carbocycles. The molecule has 0 rings (SSSR count). The van der Waals surface area contributed by atoms with E-state index < -0.39 is 6.10 Å². The van der Waals surface area contributed by atoms with Gasteiger partial charge in [0.15, 0.2) is 6.10 Å². The minimum absolute atomic E-state index is 0.0641. The van der Waals surface area contributed by atoms with Crippen LogP contribution in [0.4, 0.5) is 0 Å². The van der Waals surface area contributed by atoms with Gasteiger partial charge in [-0.25, -0.2) is 0 Å². The number of rotatable bonds is 55. The number of carbonyl (C=O) groups excluding carboxylic acids is 3. The van der Waals surface area contributed by atoms with Gasteiger partial charge in [-0.05, 0) is 44.9 Å². The smallest absolute Gasteiger partial charge is 0.306 e. The van der Waals surface area contributed by atoms with Gasteiger partial charge < -0.3 is 14.2 Å². The number of hydrogen-bond acceptors (Lipinski definition) is 6. The first kappa shape index (κ1) is 64.2. The van der Waals surface area contributed by atoms with Crippen LogP contribution in [0.5, 0.6) is 0 Å². The molecule has 0 amide bonds. The van der Waals surface area contributed by atoms with E-state index in [1.807, 2.05) is 0 Å². The average Bonchev–Trinajstić information content (AvgIpc) is 3.31. The number of unbranched alkanes of at least 4 members (excludes halogenated alkanes) is 42. The average molecular weight is 932 g/mol. The molecule has 0 N–H and O–H groups in total. The van der Waals surface area contributed by atoms with Gasteiger partial charge in [-0.3, -0.25) is 14.4 Å². The highest BCUT2D eigenvalue weighted by Crippen LogP contribution is 2.17. The van der Waals surface area contributed by atoms with Gasteiger partial charge >= 0.3 is 17.9 Å². The van der Waals surface area contributed by atoms with Gasteiger partial charge in [-0.2, -0.15) is 0 Å². The van der Waals surface area contributed by atoms with Crippen molar-refractivity contribution in [3.05, 3.63) is 12.2 Å². The second-order valence-corrected chi connectivity index (χ2v) is 20.3. The molecule has 1 unspecified atom stereocenters. The summed E-state index contributed by atoms with van der Waals surface area (Å²) < 4.78 is 16.8. The zero-order valence-corrected chi connectivity index (χ0v) is 44.7.